The van der Waals surface area contributed by atoms with Crippen LogP contribution in [0.25, 0.3) is 0 Å². The van der Waals surface area contributed by atoms with E-state index in [1.165, 1.54) is 30.0 Å². The van der Waals surface area contributed by atoms with Gasteiger partial charge in [0.1, 0.15) is 12.6 Å². The van der Waals surface area contributed by atoms with E-state index in [4.69, 9.17) is 0 Å². The van der Waals surface area contributed by atoms with Gasteiger partial charge in [0.2, 0.25) is 11.8 Å². The zero-order valence-electron chi connectivity index (χ0n) is 23.4. The second-order valence-corrected chi connectivity index (χ2v) is 11.7. The van der Waals surface area contributed by atoms with E-state index < -0.39 is 46.2 Å². The highest BCUT2D eigenvalue weighted by Gasteiger charge is 2.35. The number of hydrogen-bond donors (Lipinski definition) is 1. The van der Waals surface area contributed by atoms with Crippen molar-refractivity contribution >= 4 is 27.5 Å². The van der Waals surface area contributed by atoms with Crippen LogP contribution in [0.15, 0.2) is 77.7 Å². The number of sulfonamides is 1. The molecular weight excluding hydrogens is 555 g/mol. The van der Waals surface area contributed by atoms with Crippen LogP contribution >= 0.6 is 0 Å². The van der Waals surface area contributed by atoms with Crippen molar-refractivity contribution in [2.75, 3.05) is 17.4 Å². The highest BCUT2D eigenvalue weighted by atomic mass is 32.2. The second kappa shape index (κ2) is 13.2. The van der Waals surface area contributed by atoms with Gasteiger partial charge in [0, 0.05) is 13.1 Å². The minimum atomic E-state index is -4.73. The molecule has 0 aliphatic heterocycles. The number of nitrogens with one attached hydrogen (secondary N) is 1. The molecule has 7 nitrogen and oxygen atoms in total. The van der Waals surface area contributed by atoms with E-state index in [9.17, 15) is 31.2 Å². The maximum atomic E-state index is 13.9. The number of rotatable bonds is 11. The third kappa shape index (κ3) is 8.09. The Bertz CT molecular complexity index is 1470. The van der Waals surface area contributed by atoms with E-state index in [1.54, 1.807) is 31.2 Å². The molecule has 41 heavy (non-hydrogen) atoms. The Morgan fingerprint density at radius 1 is 0.927 bits per heavy atom. The first-order valence-electron chi connectivity index (χ1n) is 13.1. The average Bonchev–Trinajstić information content (AvgIpc) is 2.92. The van der Waals surface area contributed by atoms with Gasteiger partial charge in [0.25, 0.3) is 10.0 Å². The number of aryl methyl sites for hydroxylation is 2. The van der Waals surface area contributed by atoms with Crippen molar-refractivity contribution < 1.29 is 31.2 Å². The minimum Gasteiger partial charge on any atom is -0.354 e. The topological polar surface area (TPSA) is 86.8 Å². The fraction of sp³-hybridized carbons (Fsp3) is 0.333. The summed E-state index contributed by atoms with van der Waals surface area (Å²) in [6.07, 6.45) is -4.06. The smallest absolute Gasteiger partial charge is 0.354 e. The molecular formula is C30H34F3N3O4S. The molecule has 0 aliphatic rings. The first-order valence-corrected chi connectivity index (χ1v) is 14.6. The summed E-state index contributed by atoms with van der Waals surface area (Å²) in [7, 11) is -4.48. The first kappa shape index (κ1) is 31.7. The lowest BCUT2D eigenvalue weighted by Crippen LogP contribution is -2.51. The predicted molar refractivity (Wildman–Crippen MR) is 152 cm³/mol. The summed E-state index contributed by atoms with van der Waals surface area (Å²) in [6, 6.07) is 15.9. The Balaban J connectivity index is 2.08. The van der Waals surface area contributed by atoms with Crippen molar-refractivity contribution in [2.45, 2.75) is 57.8 Å². The Morgan fingerprint density at radius 2 is 1.59 bits per heavy atom. The molecule has 11 heteroatoms. The van der Waals surface area contributed by atoms with Gasteiger partial charge in [0.15, 0.2) is 0 Å². The van der Waals surface area contributed by atoms with Crippen molar-refractivity contribution in [1.82, 2.24) is 10.2 Å². The van der Waals surface area contributed by atoms with Crippen LogP contribution in [0, 0.1) is 13.8 Å². The van der Waals surface area contributed by atoms with Gasteiger partial charge in [-0.25, -0.2) is 8.42 Å². The number of amides is 2. The van der Waals surface area contributed by atoms with Crippen molar-refractivity contribution in [3.63, 3.8) is 0 Å². The molecule has 0 bridgehead atoms. The van der Waals surface area contributed by atoms with Crippen LogP contribution in [-0.2, 0) is 32.3 Å². The molecule has 0 saturated carbocycles. The lowest BCUT2D eigenvalue weighted by molar-refractivity contribution is -0.139. The number of carbonyl (C=O) groups is 2. The zero-order valence-corrected chi connectivity index (χ0v) is 24.2. The predicted octanol–water partition coefficient (Wildman–Crippen LogP) is 5.46. The number of benzene rings is 3. The maximum Gasteiger partial charge on any atom is 0.416 e. The molecule has 3 aromatic rings. The highest BCUT2D eigenvalue weighted by Crippen LogP contribution is 2.33. The molecule has 0 fully saturated rings. The minimum absolute atomic E-state index is 0.0117. The summed E-state index contributed by atoms with van der Waals surface area (Å²) in [5.74, 6) is -1.18. The molecule has 0 aliphatic carbocycles. The van der Waals surface area contributed by atoms with Crippen molar-refractivity contribution in [2.24, 2.45) is 0 Å². The van der Waals surface area contributed by atoms with E-state index in [1.807, 2.05) is 26.0 Å². The number of halogens is 3. The Labute approximate surface area is 239 Å². The summed E-state index contributed by atoms with van der Waals surface area (Å²) >= 11 is 0. The standard InChI is InChI=1S/C30H34F3N3O4S/c1-5-16-34-29(38)23(4)35(19-24-9-6-8-22(3)17-24)28(37)20-36(26-11-7-10-25(18-26)30(31,32)33)41(39,40)27-14-12-21(2)13-15-27/h6-15,17-18,23H,5,16,19-20H2,1-4H3,(H,34,38)/t23-/m1/s1. The second-order valence-electron chi connectivity index (χ2n) is 9.85. The normalized spacial score (nSPS) is 12.5. The van der Waals surface area contributed by atoms with Gasteiger partial charge in [-0.05, 0) is 63.1 Å². The van der Waals surface area contributed by atoms with Crippen LogP contribution < -0.4 is 9.62 Å². The Kier molecular flexibility index (Phi) is 10.2. The molecule has 0 saturated heterocycles. The fourth-order valence-electron chi connectivity index (χ4n) is 4.19. The van der Waals surface area contributed by atoms with E-state index in [-0.39, 0.29) is 17.1 Å². The molecule has 0 aromatic heterocycles. The van der Waals surface area contributed by atoms with E-state index >= 15 is 0 Å². The SMILES string of the molecule is CCCNC(=O)[C@@H](C)N(Cc1cccc(C)c1)C(=O)CN(c1cccc(C(F)(F)F)c1)S(=O)(=O)c1ccc(C)cc1. The van der Waals surface area contributed by atoms with Gasteiger partial charge in [-0.15, -0.1) is 0 Å². The summed E-state index contributed by atoms with van der Waals surface area (Å²) in [5.41, 5.74) is 1.02. The Morgan fingerprint density at radius 3 is 2.20 bits per heavy atom. The third-order valence-electron chi connectivity index (χ3n) is 6.50. The number of anilines is 1. The fourth-order valence-corrected chi connectivity index (χ4v) is 5.60. The summed E-state index contributed by atoms with van der Waals surface area (Å²) in [6.45, 7) is 6.59. The molecule has 3 aromatic carbocycles. The van der Waals surface area contributed by atoms with Gasteiger partial charge >= 0.3 is 6.18 Å². The molecule has 0 spiro atoms. The van der Waals surface area contributed by atoms with Crippen molar-refractivity contribution in [3.8, 4) is 0 Å². The quantitative estimate of drug-likeness (QED) is 0.322. The van der Waals surface area contributed by atoms with Gasteiger partial charge in [-0.2, -0.15) is 13.2 Å². The molecule has 1 atom stereocenters. The highest BCUT2D eigenvalue weighted by molar-refractivity contribution is 7.92. The lowest BCUT2D eigenvalue weighted by Gasteiger charge is -2.32. The number of alkyl halides is 3. The van der Waals surface area contributed by atoms with Crippen molar-refractivity contribution in [1.29, 1.82) is 0 Å². The number of hydrogen-bond acceptors (Lipinski definition) is 4. The van der Waals surface area contributed by atoms with E-state index in [2.05, 4.69) is 5.32 Å². The summed E-state index contributed by atoms with van der Waals surface area (Å²) in [5, 5.41) is 2.75. The molecule has 0 heterocycles. The van der Waals surface area contributed by atoms with Crippen LogP contribution in [0.2, 0.25) is 0 Å². The van der Waals surface area contributed by atoms with Crippen LogP contribution in [-0.4, -0.2) is 44.3 Å². The maximum absolute atomic E-state index is 13.9. The van der Waals surface area contributed by atoms with Crippen LogP contribution in [0.4, 0.5) is 18.9 Å². The molecule has 2 amide bonds. The lowest BCUT2D eigenvalue weighted by atomic mass is 10.1. The average molecular weight is 590 g/mol. The molecule has 220 valence electrons. The molecule has 1 N–H and O–H groups in total. The summed E-state index contributed by atoms with van der Waals surface area (Å²) < 4.78 is 69.0. The number of nitrogens with zero attached hydrogens (tertiary/aromatic N) is 2. The molecule has 0 radical (unpaired) electrons. The molecule has 0 unspecified atom stereocenters. The Hall–Kier alpha value is -3.86. The van der Waals surface area contributed by atoms with Crippen LogP contribution in [0.1, 0.15) is 42.5 Å². The van der Waals surface area contributed by atoms with Crippen LogP contribution in [0.3, 0.4) is 0 Å². The summed E-state index contributed by atoms with van der Waals surface area (Å²) in [4.78, 5) is 27.8. The monoisotopic (exact) mass is 589 g/mol. The van der Waals surface area contributed by atoms with Gasteiger partial charge in [0.05, 0.1) is 16.1 Å². The van der Waals surface area contributed by atoms with Gasteiger partial charge < -0.3 is 10.2 Å². The number of carbonyl (C=O) groups excluding carboxylic acids is 2. The van der Waals surface area contributed by atoms with Crippen molar-refractivity contribution in [3.05, 3.63) is 95.1 Å². The van der Waals surface area contributed by atoms with Gasteiger partial charge in [-0.3, -0.25) is 13.9 Å². The third-order valence-corrected chi connectivity index (χ3v) is 8.29. The first-order chi connectivity index (χ1) is 19.2. The molecule has 3 rings (SSSR count). The van der Waals surface area contributed by atoms with Crippen LogP contribution in [0.5, 0.6) is 0 Å². The largest absolute Gasteiger partial charge is 0.416 e. The van der Waals surface area contributed by atoms with Gasteiger partial charge in [-0.1, -0.05) is 60.5 Å². The van der Waals surface area contributed by atoms with E-state index in [0.717, 1.165) is 23.3 Å². The van der Waals surface area contributed by atoms with E-state index in [0.29, 0.717) is 28.9 Å². The zero-order chi connectivity index (χ0) is 30.4.